The second-order valence-electron chi connectivity index (χ2n) is 5.27. The fourth-order valence-corrected chi connectivity index (χ4v) is 3.34. The van der Waals surface area contributed by atoms with Crippen molar-refractivity contribution in [2.45, 2.75) is 44.7 Å². The maximum Gasteiger partial charge on any atom is 0.0443 e. The molecule has 1 aromatic heterocycles. The first-order chi connectivity index (χ1) is 8.36. The molecule has 3 rings (SSSR count). The number of nitrogens with zero attached hydrogens (tertiary/aromatic N) is 2. The SMILES string of the molecule is Cc1cnccc1N1CCCC1C1CCCN1. The van der Waals surface area contributed by atoms with Crippen LogP contribution in [0.2, 0.25) is 0 Å². The molecule has 3 heterocycles. The third-order valence-corrected chi connectivity index (χ3v) is 4.16. The molecule has 0 aliphatic carbocycles. The second-order valence-corrected chi connectivity index (χ2v) is 5.27. The third kappa shape index (κ3) is 2.04. The second kappa shape index (κ2) is 4.65. The van der Waals surface area contributed by atoms with Gasteiger partial charge in [-0.05, 0) is 50.8 Å². The zero-order valence-corrected chi connectivity index (χ0v) is 10.5. The summed E-state index contributed by atoms with van der Waals surface area (Å²) in [7, 11) is 0. The van der Waals surface area contributed by atoms with Gasteiger partial charge in [0.25, 0.3) is 0 Å². The molecule has 1 N–H and O–H groups in total. The van der Waals surface area contributed by atoms with Crippen LogP contribution in [-0.4, -0.2) is 30.2 Å². The highest BCUT2D eigenvalue weighted by molar-refractivity contribution is 5.53. The van der Waals surface area contributed by atoms with Crippen LogP contribution < -0.4 is 10.2 Å². The van der Waals surface area contributed by atoms with Gasteiger partial charge in [0.15, 0.2) is 0 Å². The van der Waals surface area contributed by atoms with Crippen LogP contribution in [0.3, 0.4) is 0 Å². The van der Waals surface area contributed by atoms with Gasteiger partial charge in [-0.3, -0.25) is 4.98 Å². The van der Waals surface area contributed by atoms with Gasteiger partial charge in [-0.1, -0.05) is 0 Å². The zero-order valence-electron chi connectivity index (χ0n) is 10.5. The Bertz CT molecular complexity index is 385. The average Bonchev–Trinajstić information content (AvgIpc) is 3.00. The first-order valence-corrected chi connectivity index (χ1v) is 6.77. The van der Waals surface area contributed by atoms with E-state index in [1.165, 1.54) is 50.0 Å². The van der Waals surface area contributed by atoms with Crippen LogP contribution in [0.5, 0.6) is 0 Å². The molecule has 0 bridgehead atoms. The molecule has 3 nitrogen and oxygen atoms in total. The highest BCUT2D eigenvalue weighted by Gasteiger charge is 2.33. The van der Waals surface area contributed by atoms with Gasteiger partial charge in [0.1, 0.15) is 0 Å². The minimum Gasteiger partial charge on any atom is -0.367 e. The minimum absolute atomic E-state index is 0.693. The predicted octanol–water partition coefficient (Wildman–Crippen LogP) is 2.11. The lowest BCUT2D eigenvalue weighted by atomic mass is 10.0. The molecular formula is C14H21N3. The normalized spacial score (nSPS) is 28.9. The maximum atomic E-state index is 4.20. The number of hydrogen-bond donors (Lipinski definition) is 1. The largest absolute Gasteiger partial charge is 0.367 e. The van der Waals surface area contributed by atoms with Crippen LogP contribution in [0.15, 0.2) is 18.5 Å². The number of anilines is 1. The summed E-state index contributed by atoms with van der Waals surface area (Å²) in [5.41, 5.74) is 2.69. The van der Waals surface area contributed by atoms with Crippen molar-refractivity contribution in [3.63, 3.8) is 0 Å². The first kappa shape index (κ1) is 11.0. The van der Waals surface area contributed by atoms with E-state index in [0.717, 1.165) is 0 Å². The lowest BCUT2D eigenvalue weighted by molar-refractivity contribution is 0.482. The summed E-state index contributed by atoms with van der Waals surface area (Å²) in [4.78, 5) is 6.79. The fourth-order valence-electron chi connectivity index (χ4n) is 3.34. The topological polar surface area (TPSA) is 28.2 Å². The van der Waals surface area contributed by atoms with Crippen molar-refractivity contribution in [1.29, 1.82) is 0 Å². The molecule has 17 heavy (non-hydrogen) atoms. The Morgan fingerprint density at radius 1 is 1.35 bits per heavy atom. The number of aromatic nitrogens is 1. The fraction of sp³-hybridized carbons (Fsp3) is 0.643. The smallest absolute Gasteiger partial charge is 0.0443 e. The Balaban J connectivity index is 1.84. The van der Waals surface area contributed by atoms with Gasteiger partial charge in [0.05, 0.1) is 0 Å². The van der Waals surface area contributed by atoms with Crippen LogP contribution in [0.25, 0.3) is 0 Å². The summed E-state index contributed by atoms with van der Waals surface area (Å²) < 4.78 is 0. The molecule has 2 fully saturated rings. The third-order valence-electron chi connectivity index (χ3n) is 4.16. The Morgan fingerprint density at radius 3 is 3.06 bits per heavy atom. The van der Waals surface area contributed by atoms with E-state index in [9.17, 15) is 0 Å². The molecule has 2 aliphatic heterocycles. The molecule has 2 unspecified atom stereocenters. The van der Waals surface area contributed by atoms with Gasteiger partial charge in [-0.25, -0.2) is 0 Å². The molecule has 2 saturated heterocycles. The average molecular weight is 231 g/mol. The Morgan fingerprint density at radius 2 is 2.29 bits per heavy atom. The maximum absolute atomic E-state index is 4.20. The molecule has 3 heteroatoms. The minimum atomic E-state index is 0.693. The lowest BCUT2D eigenvalue weighted by Gasteiger charge is -2.32. The van der Waals surface area contributed by atoms with Gasteiger partial charge in [0.2, 0.25) is 0 Å². The molecule has 92 valence electrons. The number of aryl methyl sites for hydroxylation is 1. The lowest BCUT2D eigenvalue weighted by Crippen LogP contribution is -2.44. The van der Waals surface area contributed by atoms with E-state index < -0.39 is 0 Å². The Hall–Kier alpha value is -1.09. The number of rotatable bonds is 2. The number of pyridine rings is 1. The highest BCUT2D eigenvalue weighted by Crippen LogP contribution is 2.31. The Kier molecular flexibility index (Phi) is 3.02. The van der Waals surface area contributed by atoms with Crippen LogP contribution in [0.4, 0.5) is 5.69 Å². The van der Waals surface area contributed by atoms with E-state index in [-0.39, 0.29) is 0 Å². The van der Waals surface area contributed by atoms with E-state index in [2.05, 4.69) is 28.2 Å². The summed E-state index contributed by atoms with van der Waals surface area (Å²) in [6.07, 6.45) is 9.23. The molecular weight excluding hydrogens is 210 g/mol. The quantitative estimate of drug-likeness (QED) is 0.845. The molecule has 0 spiro atoms. The monoisotopic (exact) mass is 231 g/mol. The number of nitrogens with one attached hydrogen (secondary N) is 1. The summed E-state index contributed by atoms with van der Waals surface area (Å²) in [5, 5.41) is 3.66. The van der Waals surface area contributed by atoms with Crippen LogP contribution in [0.1, 0.15) is 31.2 Å². The van der Waals surface area contributed by atoms with Gasteiger partial charge in [0, 0.05) is 36.7 Å². The molecule has 2 atom stereocenters. The highest BCUT2D eigenvalue weighted by atomic mass is 15.2. The summed E-state index contributed by atoms with van der Waals surface area (Å²) in [6.45, 7) is 4.57. The molecule has 1 aromatic rings. The van der Waals surface area contributed by atoms with E-state index >= 15 is 0 Å². The van der Waals surface area contributed by atoms with Crippen molar-refractivity contribution in [2.75, 3.05) is 18.0 Å². The van der Waals surface area contributed by atoms with Crippen molar-refractivity contribution in [1.82, 2.24) is 10.3 Å². The van der Waals surface area contributed by atoms with Crippen molar-refractivity contribution in [3.05, 3.63) is 24.0 Å². The number of hydrogen-bond acceptors (Lipinski definition) is 3. The Labute approximate surface area is 103 Å². The van der Waals surface area contributed by atoms with Crippen molar-refractivity contribution >= 4 is 5.69 Å². The summed E-state index contributed by atoms with van der Waals surface area (Å²) in [5.74, 6) is 0. The standard InChI is InChI=1S/C14H21N3/c1-11-10-15-8-6-13(11)17-9-3-5-14(17)12-4-2-7-16-12/h6,8,10,12,14,16H,2-5,7,9H2,1H3. The van der Waals surface area contributed by atoms with Gasteiger partial charge in [-0.2, -0.15) is 0 Å². The van der Waals surface area contributed by atoms with E-state index in [1.807, 2.05) is 12.4 Å². The van der Waals surface area contributed by atoms with Crippen LogP contribution in [-0.2, 0) is 0 Å². The first-order valence-electron chi connectivity index (χ1n) is 6.77. The van der Waals surface area contributed by atoms with Crippen LogP contribution >= 0.6 is 0 Å². The molecule has 0 aromatic carbocycles. The van der Waals surface area contributed by atoms with Crippen molar-refractivity contribution in [3.8, 4) is 0 Å². The van der Waals surface area contributed by atoms with Gasteiger partial charge >= 0.3 is 0 Å². The van der Waals surface area contributed by atoms with E-state index in [0.29, 0.717) is 12.1 Å². The van der Waals surface area contributed by atoms with Crippen molar-refractivity contribution < 1.29 is 0 Å². The van der Waals surface area contributed by atoms with Gasteiger partial charge in [-0.15, -0.1) is 0 Å². The molecule has 2 aliphatic rings. The molecule has 0 radical (unpaired) electrons. The van der Waals surface area contributed by atoms with E-state index in [4.69, 9.17) is 0 Å². The van der Waals surface area contributed by atoms with E-state index in [1.54, 1.807) is 0 Å². The summed E-state index contributed by atoms with van der Waals surface area (Å²) in [6, 6.07) is 3.56. The van der Waals surface area contributed by atoms with Gasteiger partial charge < -0.3 is 10.2 Å². The zero-order chi connectivity index (χ0) is 11.7. The van der Waals surface area contributed by atoms with Crippen molar-refractivity contribution in [2.24, 2.45) is 0 Å². The summed E-state index contributed by atoms with van der Waals surface area (Å²) >= 11 is 0. The molecule has 0 amide bonds. The predicted molar refractivity (Wildman–Crippen MR) is 70.4 cm³/mol. The van der Waals surface area contributed by atoms with Crippen LogP contribution in [0, 0.1) is 6.92 Å². The molecule has 0 saturated carbocycles.